The van der Waals surface area contributed by atoms with Crippen LogP contribution in [0.15, 0.2) is 18.5 Å². The van der Waals surface area contributed by atoms with E-state index >= 15 is 0 Å². The van der Waals surface area contributed by atoms with E-state index in [1.807, 2.05) is 25.1 Å². The van der Waals surface area contributed by atoms with Crippen molar-refractivity contribution in [3.05, 3.63) is 30.0 Å². The Morgan fingerprint density at radius 3 is 2.71 bits per heavy atom. The smallest absolute Gasteiger partial charge is 0.175 e. The lowest BCUT2D eigenvalue weighted by molar-refractivity contribution is 0.622. The SMILES string of the molecule is CN(C)c1sc(-c2cncc(F)c2)nc1C#N. The number of nitrogens with zero attached hydrogens (tertiary/aromatic N) is 4. The summed E-state index contributed by atoms with van der Waals surface area (Å²) in [6, 6.07) is 3.38. The van der Waals surface area contributed by atoms with Crippen LogP contribution in [0, 0.1) is 17.1 Å². The van der Waals surface area contributed by atoms with Gasteiger partial charge >= 0.3 is 0 Å². The quantitative estimate of drug-likeness (QED) is 0.818. The molecule has 0 unspecified atom stereocenters. The van der Waals surface area contributed by atoms with Crippen LogP contribution in [0.5, 0.6) is 0 Å². The fraction of sp³-hybridized carbons (Fsp3) is 0.182. The first-order valence-electron chi connectivity index (χ1n) is 4.81. The summed E-state index contributed by atoms with van der Waals surface area (Å²) in [6.45, 7) is 0. The van der Waals surface area contributed by atoms with Gasteiger partial charge in [-0.05, 0) is 6.07 Å². The molecule has 2 rings (SSSR count). The largest absolute Gasteiger partial charge is 0.367 e. The summed E-state index contributed by atoms with van der Waals surface area (Å²) in [4.78, 5) is 9.75. The Morgan fingerprint density at radius 1 is 1.41 bits per heavy atom. The van der Waals surface area contributed by atoms with Crippen molar-refractivity contribution in [3.8, 4) is 16.6 Å². The van der Waals surface area contributed by atoms with Crippen LogP contribution in [-0.2, 0) is 0 Å². The van der Waals surface area contributed by atoms with Gasteiger partial charge in [-0.25, -0.2) is 9.37 Å². The minimum atomic E-state index is -0.414. The minimum absolute atomic E-state index is 0.347. The molecule has 6 heteroatoms. The highest BCUT2D eigenvalue weighted by Gasteiger charge is 2.14. The van der Waals surface area contributed by atoms with Gasteiger partial charge in [0.05, 0.1) is 6.20 Å². The second-order valence-corrected chi connectivity index (χ2v) is 4.55. The van der Waals surface area contributed by atoms with E-state index in [0.29, 0.717) is 16.3 Å². The number of halogens is 1. The van der Waals surface area contributed by atoms with E-state index in [0.717, 1.165) is 11.2 Å². The van der Waals surface area contributed by atoms with Crippen molar-refractivity contribution in [2.24, 2.45) is 0 Å². The molecule has 0 spiro atoms. The summed E-state index contributed by atoms with van der Waals surface area (Å²) in [5, 5.41) is 10.3. The first kappa shape index (κ1) is 11.5. The summed E-state index contributed by atoms with van der Waals surface area (Å²) < 4.78 is 13.0. The Hall–Kier alpha value is -2.00. The summed E-state index contributed by atoms with van der Waals surface area (Å²) in [7, 11) is 3.67. The highest BCUT2D eigenvalue weighted by Crippen LogP contribution is 2.33. The Morgan fingerprint density at radius 2 is 2.18 bits per heavy atom. The molecule has 0 N–H and O–H groups in total. The third-order valence-electron chi connectivity index (χ3n) is 2.07. The van der Waals surface area contributed by atoms with E-state index in [4.69, 9.17) is 5.26 Å². The van der Waals surface area contributed by atoms with Crippen LogP contribution in [-0.4, -0.2) is 24.1 Å². The first-order valence-corrected chi connectivity index (χ1v) is 5.62. The van der Waals surface area contributed by atoms with E-state index < -0.39 is 5.82 Å². The number of nitriles is 1. The van der Waals surface area contributed by atoms with Gasteiger partial charge in [-0.2, -0.15) is 5.26 Å². The van der Waals surface area contributed by atoms with Gasteiger partial charge in [-0.1, -0.05) is 11.3 Å². The van der Waals surface area contributed by atoms with Crippen molar-refractivity contribution in [3.63, 3.8) is 0 Å². The summed E-state index contributed by atoms with van der Waals surface area (Å²) in [5.41, 5.74) is 0.930. The third-order valence-corrected chi connectivity index (χ3v) is 3.35. The molecule has 2 aromatic rings. The Balaban J connectivity index is 2.51. The molecule has 86 valence electrons. The van der Waals surface area contributed by atoms with Gasteiger partial charge in [-0.15, -0.1) is 0 Å². The van der Waals surface area contributed by atoms with Crippen LogP contribution in [0.1, 0.15) is 5.69 Å². The van der Waals surface area contributed by atoms with Gasteiger partial charge in [0.15, 0.2) is 5.69 Å². The second kappa shape index (κ2) is 4.47. The van der Waals surface area contributed by atoms with Gasteiger partial charge in [0, 0.05) is 25.9 Å². The van der Waals surface area contributed by atoms with Crippen LogP contribution in [0.4, 0.5) is 9.39 Å². The molecule has 0 amide bonds. The predicted molar refractivity (Wildman–Crippen MR) is 64.3 cm³/mol. The van der Waals surface area contributed by atoms with E-state index in [9.17, 15) is 4.39 Å². The maximum absolute atomic E-state index is 13.0. The number of thiazole rings is 1. The number of hydrogen-bond acceptors (Lipinski definition) is 5. The maximum Gasteiger partial charge on any atom is 0.175 e. The van der Waals surface area contributed by atoms with Crippen LogP contribution in [0.25, 0.3) is 10.6 Å². The summed E-state index contributed by atoms with van der Waals surface area (Å²) >= 11 is 1.34. The standard InChI is InChI=1S/C11H9FN4S/c1-16(2)11-9(4-13)15-10(17-11)7-3-8(12)6-14-5-7/h3,5-6H,1-2H3. The lowest BCUT2D eigenvalue weighted by Crippen LogP contribution is -2.07. The molecule has 0 fully saturated rings. The Bertz CT molecular complexity index is 585. The molecule has 0 aliphatic carbocycles. The highest BCUT2D eigenvalue weighted by atomic mass is 32.1. The summed E-state index contributed by atoms with van der Waals surface area (Å²) in [6.07, 6.45) is 2.66. The fourth-order valence-electron chi connectivity index (χ4n) is 1.34. The molecular formula is C11H9FN4S. The second-order valence-electron chi connectivity index (χ2n) is 3.57. The molecule has 17 heavy (non-hydrogen) atoms. The fourth-order valence-corrected chi connectivity index (χ4v) is 2.26. The zero-order valence-corrected chi connectivity index (χ0v) is 10.1. The van der Waals surface area contributed by atoms with Gasteiger partial charge in [-0.3, -0.25) is 4.98 Å². The van der Waals surface area contributed by atoms with E-state index in [1.165, 1.54) is 23.6 Å². The molecule has 0 bridgehead atoms. The van der Waals surface area contributed by atoms with Crippen LogP contribution < -0.4 is 4.90 Å². The lowest BCUT2D eigenvalue weighted by Gasteiger charge is -2.07. The van der Waals surface area contributed by atoms with E-state index in [-0.39, 0.29) is 0 Å². The van der Waals surface area contributed by atoms with Gasteiger partial charge in [0.2, 0.25) is 0 Å². The molecule has 4 nitrogen and oxygen atoms in total. The van der Waals surface area contributed by atoms with Crippen molar-refractivity contribution in [2.45, 2.75) is 0 Å². The molecule has 0 atom stereocenters. The molecule has 0 aromatic carbocycles. The molecule has 0 saturated carbocycles. The minimum Gasteiger partial charge on any atom is -0.367 e. The highest BCUT2D eigenvalue weighted by molar-refractivity contribution is 7.19. The number of pyridine rings is 1. The molecule has 0 aliphatic rings. The van der Waals surface area contributed by atoms with Crippen molar-refractivity contribution in [2.75, 3.05) is 19.0 Å². The third kappa shape index (κ3) is 2.24. The zero-order chi connectivity index (χ0) is 12.4. The van der Waals surface area contributed by atoms with Crippen molar-refractivity contribution < 1.29 is 4.39 Å². The van der Waals surface area contributed by atoms with Crippen molar-refractivity contribution in [1.29, 1.82) is 5.26 Å². The number of aromatic nitrogens is 2. The van der Waals surface area contributed by atoms with Gasteiger partial charge < -0.3 is 4.90 Å². The Kier molecular flexibility index (Phi) is 3.02. The molecule has 0 radical (unpaired) electrons. The maximum atomic E-state index is 13.0. The first-order chi connectivity index (χ1) is 8.11. The molecule has 0 aliphatic heterocycles. The van der Waals surface area contributed by atoms with E-state index in [2.05, 4.69) is 9.97 Å². The monoisotopic (exact) mass is 248 g/mol. The molecule has 2 heterocycles. The lowest BCUT2D eigenvalue weighted by atomic mass is 10.3. The van der Waals surface area contributed by atoms with Crippen molar-refractivity contribution in [1.82, 2.24) is 9.97 Å². The average molecular weight is 248 g/mol. The number of hydrogen-bond donors (Lipinski definition) is 0. The summed E-state index contributed by atoms with van der Waals surface area (Å²) in [5.74, 6) is -0.414. The number of anilines is 1. The topological polar surface area (TPSA) is 52.8 Å². The van der Waals surface area contributed by atoms with Gasteiger partial charge in [0.1, 0.15) is 21.9 Å². The molecular weight excluding hydrogens is 239 g/mol. The normalized spacial score (nSPS) is 10.0. The Labute approximate surface area is 102 Å². The van der Waals surface area contributed by atoms with Crippen LogP contribution >= 0.6 is 11.3 Å². The average Bonchev–Trinajstić information content (AvgIpc) is 2.73. The van der Waals surface area contributed by atoms with Crippen molar-refractivity contribution >= 4 is 16.3 Å². The van der Waals surface area contributed by atoms with E-state index in [1.54, 1.807) is 0 Å². The number of rotatable bonds is 2. The van der Waals surface area contributed by atoms with Crippen LogP contribution in [0.2, 0.25) is 0 Å². The van der Waals surface area contributed by atoms with Crippen LogP contribution in [0.3, 0.4) is 0 Å². The predicted octanol–water partition coefficient (Wildman–Crippen LogP) is 2.28. The molecule has 0 saturated heterocycles. The van der Waals surface area contributed by atoms with Gasteiger partial charge in [0.25, 0.3) is 0 Å². The molecule has 2 aromatic heterocycles. The zero-order valence-electron chi connectivity index (χ0n) is 9.31.